The second-order valence-corrected chi connectivity index (χ2v) is 6.24. The first-order valence-electron chi connectivity index (χ1n) is 7.54. The third-order valence-electron chi connectivity index (χ3n) is 3.53. The van der Waals surface area contributed by atoms with Gasteiger partial charge in [-0.2, -0.15) is 18.3 Å². The fraction of sp³-hybridized carbons (Fsp3) is 0.250. The van der Waals surface area contributed by atoms with Gasteiger partial charge < -0.3 is 15.2 Å². The van der Waals surface area contributed by atoms with Gasteiger partial charge in [0.1, 0.15) is 11.3 Å². The van der Waals surface area contributed by atoms with Gasteiger partial charge in [-0.15, -0.1) is 0 Å². The highest BCUT2D eigenvalue weighted by atomic mass is 32.2. The van der Waals surface area contributed by atoms with Crippen LogP contribution in [0.1, 0.15) is 34.0 Å². The van der Waals surface area contributed by atoms with Crippen molar-refractivity contribution in [3.8, 4) is 5.75 Å². The third-order valence-corrected chi connectivity index (χ3v) is 4.48. The minimum atomic E-state index is -4.78. The van der Waals surface area contributed by atoms with E-state index in [0.29, 0.717) is 15.9 Å². The summed E-state index contributed by atoms with van der Waals surface area (Å²) >= 11 is 1.07. The number of phenols is 1. The van der Waals surface area contributed by atoms with E-state index in [9.17, 15) is 23.1 Å². The van der Waals surface area contributed by atoms with E-state index in [0.717, 1.165) is 18.0 Å². The summed E-state index contributed by atoms with van der Waals surface area (Å²) in [5.41, 5.74) is -1.55. The van der Waals surface area contributed by atoms with Gasteiger partial charge in [0, 0.05) is 5.56 Å². The second kappa shape index (κ2) is 6.94. The zero-order valence-corrected chi connectivity index (χ0v) is 14.3. The van der Waals surface area contributed by atoms with Gasteiger partial charge in [0.15, 0.2) is 11.2 Å². The molecule has 0 spiro atoms. The minimum absolute atomic E-state index is 0.0401. The Hall–Kier alpha value is -2.62. The second-order valence-electron chi connectivity index (χ2n) is 5.28. The molecule has 1 unspecified atom stereocenters. The number of aromatic hydroxyl groups is 1. The number of esters is 1. The summed E-state index contributed by atoms with van der Waals surface area (Å²) < 4.78 is 45.9. The van der Waals surface area contributed by atoms with Crippen molar-refractivity contribution < 1.29 is 27.8 Å². The molecule has 1 aromatic carbocycles. The summed E-state index contributed by atoms with van der Waals surface area (Å²) in [5, 5.41) is 17.8. The first-order valence-corrected chi connectivity index (χ1v) is 8.49. The van der Waals surface area contributed by atoms with E-state index < -0.39 is 28.9 Å². The molecule has 0 saturated heterocycles. The standard InChI is InChI=1S/C16H14F3N3O3S/c1-2-25-14(24)11-7-20-22(13(11)16(17,18)19)15-21-12(8-26-15)9-4-3-5-10(23)6-9/h3-8,15,21,23H,2H2,1H3. The summed E-state index contributed by atoms with van der Waals surface area (Å²) in [7, 11) is 0. The van der Waals surface area contributed by atoms with Gasteiger partial charge >= 0.3 is 12.1 Å². The Morgan fingerprint density at radius 1 is 1.46 bits per heavy atom. The molecule has 26 heavy (non-hydrogen) atoms. The first kappa shape index (κ1) is 18.2. The van der Waals surface area contributed by atoms with Crippen LogP contribution < -0.4 is 5.32 Å². The average molecular weight is 385 g/mol. The van der Waals surface area contributed by atoms with Gasteiger partial charge in [0.25, 0.3) is 0 Å². The van der Waals surface area contributed by atoms with E-state index in [1.165, 1.54) is 19.1 Å². The molecule has 2 N–H and O–H groups in total. The fourth-order valence-corrected chi connectivity index (χ4v) is 3.40. The summed E-state index contributed by atoms with van der Waals surface area (Å²) in [5.74, 6) is -1.03. The zero-order valence-electron chi connectivity index (χ0n) is 13.4. The molecule has 2 heterocycles. The highest BCUT2D eigenvalue weighted by Crippen LogP contribution is 2.40. The summed E-state index contributed by atoms with van der Waals surface area (Å²) in [6.07, 6.45) is -3.93. The van der Waals surface area contributed by atoms with Crippen LogP contribution in [0.4, 0.5) is 13.2 Å². The van der Waals surface area contributed by atoms with Crippen LogP contribution in [0.3, 0.4) is 0 Å². The van der Waals surface area contributed by atoms with Crippen molar-refractivity contribution in [3.05, 3.63) is 52.7 Å². The predicted octanol–water partition coefficient (Wildman–Crippen LogP) is 3.58. The maximum absolute atomic E-state index is 13.5. The first-order chi connectivity index (χ1) is 12.3. The SMILES string of the molecule is CCOC(=O)c1cnn(C2NC(c3cccc(O)c3)=CS2)c1C(F)(F)F. The number of carbonyl (C=O) groups excluding carboxylic acids is 1. The number of aromatic nitrogens is 2. The lowest BCUT2D eigenvalue weighted by Crippen LogP contribution is -2.26. The van der Waals surface area contributed by atoms with E-state index in [2.05, 4.69) is 15.2 Å². The van der Waals surface area contributed by atoms with Crippen molar-refractivity contribution in [3.63, 3.8) is 0 Å². The highest BCUT2D eigenvalue weighted by Gasteiger charge is 2.42. The maximum Gasteiger partial charge on any atom is 0.434 e. The van der Waals surface area contributed by atoms with Crippen LogP contribution in [0.5, 0.6) is 5.75 Å². The lowest BCUT2D eigenvalue weighted by molar-refractivity contribution is -0.144. The number of thioether (sulfide) groups is 1. The number of nitrogens with zero attached hydrogens (tertiary/aromatic N) is 2. The monoisotopic (exact) mass is 385 g/mol. The third kappa shape index (κ3) is 3.50. The molecule has 1 aliphatic rings. The van der Waals surface area contributed by atoms with Crippen LogP contribution in [0, 0.1) is 0 Å². The van der Waals surface area contributed by atoms with E-state index in [-0.39, 0.29) is 12.4 Å². The fourth-order valence-electron chi connectivity index (χ4n) is 2.46. The van der Waals surface area contributed by atoms with Crippen molar-refractivity contribution in [2.24, 2.45) is 0 Å². The number of phenolic OH excluding ortho intramolecular Hbond substituents is 1. The molecule has 0 saturated carbocycles. The van der Waals surface area contributed by atoms with Crippen LogP contribution in [0.2, 0.25) is 0 Å². The normalized spacial score (nSPS) is 16.9. The quantitative estimate of drug-likeness (QED) is 0.784. The Morgan fingerprint density at radius 3 is 2.88 bits per heavy atom. The summed E-state index contributed by atoms with van der Waals surface area (Å²) in [6, 6.07) is 6.31. The molecule has 0 fully saturated rings. The summed E-state index contributed by atoms with van der Waals surface area (Å²) in [6.45, 7) is 1.47. The van der Waals surface area contributed by atoms with Gasteiger partial charge in [-0.1, -0.05) is 23.9 Å². The molecule has 10 heteroatoms. The predicted molar refractivity (Wildman–Crippen MR) is 89.0 cm³/mol. The molecule has 0 radical (unpaired) electrons. The number of carbonyl (C=O) groups is 1. The van der Waals surface area contributed by atoms with Gasteiger partial charge in [0.2, 0.25) is 0 Å². The molecule has 1 aromatic heterocycles. The Bertz CT molecular complexity index is 864. The molecule has 1 aliphatic heterocycles. The summed E-state index contributed by atoms with van der Waals surface area (Å²) in [4.78, 5) is 11.8. The molecule has 3 rings (SSSR count). The van der Waals surface area contributed by atoms with Gasteiger partial charge in [-0.05, 0) is 24.5 Å². The molecular weight excluding hydrogens is 371 g/mol. The molecule has 6 nitrogen and oxygen atoms in total. The van der Waals surface area contributed by atoms with Gasteiger partial charge in [-0.25, -0.2) is 9.48 Å². The number of ether oxygens (including phenoxy) is 1. The number of halogens is 3. The van der Waals surface area contributed by atoms with Crippen LogP contribution >= 0.6 is 11.8 Å². The van der Waals surface area contributed by atoms with Crippen LogP contribution in [0.25, 0.3) is 5.70 Å². The molecule has 0 amide bonds. The van der Waals surface area contributed by atoms with Crippen molar-refractivity contribution in [2.45, 2.75) is 18.6 Å². The van der Waals surface area contributed by atoms with Crippen molar-refractivity contribution in [2.75, 3.05) is 6.61 Å². The van der Waals surface area contributed by atoms with E-state index in [1.807, 2.05) is 0 Å². The number of hydrogen-bond donors (Lipinski definition) is 2. The Labute approximate surface area is 150 Å². The number of hydrogen-bond acceptors (Lipinski definition) is 6. The lowest BCUT2D eigenvalue weighted by atomic mass is 10.1. The molecule has 0 aliphatic carbocycles. The number of rotatable bonds is 4. The van der Waals surface area contributed by atoms with Crippen molar-refractivity contribution in [1.82, 2.24) is 15.1 Å². The maximum atomic E-state index is 13.5. The van der Waals surface area contributed by atoms with Crippen molar-refractivity contribution >= 4 is 23.4 Å². The topological polar surface area (TPSA) is 76.4 Å². The van der Waals surface area contributed by atoms with Crippen LogP contribution in [-0.4, -0.2) is 27.5 Å². The van der Waals surface area contributed by atoms with E-state index in [1.54, 1.807) is 17.5 Å². The Kier molecular flexibility index (Phi) is 4.86. The zero-order chi connectivity index (χ0) is 18.9. The van der Waals surface area contributed by atoms with Crippen molar-refractivity contribution in [1.29, 1.82) is 0 Å². The Balaban J connectivity index is 1.90. The number of nitrogens with one attached hydrogen (secondary N) is 1. The molecule has 138 valence electrons. The van der Waals surface area contributed by atoms with E-state index in [4.69, 9.17) is 0 Å². The van der Waals surface area contributed by atoms with Crippen LogP contribution in [-0.2, 0) is 10.9 Å². The van der Waals surface area contributed by atoms with Gasteiger partial charge in [0.05, 0.1) is 18.5 Å². The van der Waals surface area contributed by atoms with Crippen LogP contribution in [0.15, 0.2) is 35.9 Å². The van der Waals surface area contributed by atoms with Gasteiger partial charge in [-0.3, -0.25) is 0 Å². The minimum Gasteiger partial charge on any atom is -0.508 e. The molecule has 2 aromatic rings. The number of alkyl halides is 3. The smallest absolute Gasteiger partial charge is 0.434 e. The molecule has 0 bridgehead atoms. The largest absolute Gasteiger partial charge is 0.508 e. The number of benzene rings is 1. The Morgan fingerprint density at radius 2 is 2.23 bits per heavy atom. The highest BCUT2D eigenvalue weighted by molar-refractivity contribution is 8.02. The molecular formula is C16H14F3N3O3S. The molecule has 1 atom stereocenters. The average Bonchev–Trinajstić information content (AvgIpc) is 3.21. The van der Waals surface area contributed by atoms with E-state index >= 15 is 0 Å². The lowest BCUT2D eigenvalue weighted by Gasteiger charge is -2.18.